The Hall–Kier alpha value is -1.68. The van der Waals surface area contributed by atoms with Gasteiger partial charge in [0.25, 0.3) is 0 Å². The number of rotatable bonds is 4. The van der Waals surface area contributed by atoms with Gasteiger partial charge < -0.3 is 10.1 Å². The van der Waals surface area contributed by atoms with Crippen molar-refractivity contribution in [1.82, 2.24) is 5.32 Å². The quantitative estimate of drug-likeness (QED) is 0.677. The number of benzene rings is 1. The molecule has 4 atom stereocenters. The second-order valence-corrected chi connectivity index (χ2v) is 5.53. The number of nitrogens with one attached hydrogen (secondary N) is 1. The van der Waals surface area contributed by atoms with E-state index in [1.54, 1.807) is 12.1 Å². The Labute approximate surface area is 117 Å². The third kappa shape index (κ3) is 2.36. The van der Waals surface area contributed by atoms with Gasteiger partial charge in [0.05, 0.1) is 13.0 Å². The fourth-order valence-corrected chi connectivity index (χ4v) is 3.40. The first-order valence-electron chi connectivity index (χ1n) is 6.93. The Balaban J connectivity index is 1.68. The Bertz CT molecular complexity index is 526. The van der Waals surface area contributed by atoms with E-state index in [1.807, 2.05) is 0 Å². The van der Waals surface area contributed by atoms with E-state index in [2.05, 4.69) is 17.5 Å². The molecule has 0 heterocycles. The van der Waals surface area contributed by atoms with Crippen LogP contribution in [0.2, 0.25) is 0 Å². The summed E-state index contributed by atoms with van der Waals surface area (Å²) in [5.41, 5.74) is 1.02. The molecule has 4 heteroatoms. The minimum Gasteiger partial charge on any atom is -0.469 e. The molecule has 0 radical (unpaired) electrons. The van der Waals surface area contributed by atoms with Crippen LogP contribution in [0, 0.1) is 23.6 Å². The summed E-state index contributed by atoms with van der Waals surface area (Å²) in [5, 5.41) is 3.44. The molecule has 1 N–H and O–H groups in total. The summed E-state index contributed by atoms with van der Waals surface area (Å²) in [6.45, 7) is 0.634. The zero-order chi connectivity index (χ0) is 14.1. The second kappa shape index (κ2) is 5.37. The van der Waals surface area contributed by atoms with Gasteiger partial charge in [-0.3, -0.25) is 4.79 Å². The number of carbonyl (C=O) groups excluding carboxylic acids is 1. The summed E-state index contributed by atoms with van der Waals surface area (Å²) in [5.74, 6) is 0.209. The monoisotopic (exact) mass is 275 g/mol. The van der Waals surface area contributed by atoms with Crippen LogP contribution in [0.15, 0.2) is 36.4 Å². The highest BCUT2D eigenvalue weighted by Crippen LogP contribution is 2.44. The molecule has 2 aliphatic rings. The first-order valence-corrected chi connectivity index (χ1v) is 6.93. The van der Waals surface area contributed by atoms with E-state index in [0.717, 1.165) is 12.0 Å². The molecule has 2 unspecified atom stereocenters. The maximum absolute atomic E-state index is 12.9. The molecular weight excluding hydrogens is 257 g/mol. The molecule has 1 fully saturated rings. The molecule has 20 heavy (non-hydrogen) atoms. The molecule has 0 aliphatic heterocycles. The first-order chi connectivity index (χ1) is 9.69. The van der Waals surface area contributed by atoms with Crippen molar-refractivity contribution in [3.63, 3.8) is 0 Å². The number of fused-ring (bicyclic) bond motifs is 2. The normalized spacial score (nSPS) is 30.7. The average Bonchev–Trinajstić information content (AvgIpc) is 3.06. The van der Waals surface area contributed by atoms with Crippen molar-refractivity contribution in [1.29, 1.82) is 0 Å². The highest BCUT2D eigenvalue weighted by molar-refractivity contribution is 5.75. The number of hydrogen-bond acceptors (Lipinski definition) is 3. The third-order valence-electron chi connectivity index (χ3n) is 4.39. The SMILES string of the molecule is COC(=O)C1C(NCc2ccc(F)cc2)[C@H]2C=C[C@@H]1C2. The molecule has 3 rings (SSSR count). The van der Waals surface area contributed by atoms with Gasteiger partial charge >= 0.3 is 5.97 Å². The van der Waals surface area contributed by atoms with Crippen molar-refractivity contribution in [2.24, 2.45) is 17.8 Å². The van der Waals surface area contributed by atoms with Gasteiger partial charge in [0.1, 0.15) is 5.82 Å². The summed E-state index contributed by atoms with van der Waals surface area (Å²) in [4.78, 5) is 11.9. The van der Waals surface area contributed by atoms with E-state index in [1.165, 1.54) is 19.2 Å². The number of carbonyl (C=O) groups is 1. The predicted octanol–water partition coefficient (Wildman–Crippen LogP) is 2.28. The Morgan fingerprint density at radius 3 is 2.70 bits per heavy atom. The summed E-state index contributed by atoms with van der Waals surface area (Å²) >= 11 is 0. The Morgan fingerprint density at radius 2 is 2.00 bits per heavy atom. The molecule has 0 saturated heterocycles. The maximum atomic E-state index is 12.9. The van der Waals surface area contributed by atoms with Crippen LogP contribution in [-0.2, 0) is 16.1 Å². The van der Waals surface area contributed by atoms with Crippen molar-refractivity contribution in [3.8, 4) is 0 Å². The lowest BCUT2D eigenvalue weighted by Gasteiger charge is -2.27. The third-order valence-corrected chi connectivity index (χ3v) is 4.39. The van der Waals surface area contributed by atoms with Gasteiger partial charge in [-0.1, -0.05) is 24.3 Å². The topological polar surface area (TPSA) is 38.3 Å². The summed E-state index contributed by atoms with van der Waals surface area (Å²) in [7, 11) is 1.44. The molecule has 106 valence electrons. The molecule has 1 aromatic rings. The van der Waals surface area contributed by atoms with Crippen LogP contribution >= 0.6 is 0 Å². The smallest absolute Gasteiger partial charge is 0.310 e. The van der Waals surface area contributed by atoms with E-state index in [-0.39, 0.29) is 29.7 Å². The van der Waals surface area contributed by atoms with Crippen LogP contribution in [0.5, 0.6) is 0 Å². The first kappa shape index (κ1) is 13.3. The van der Waals surface area contributed by atoms with Crippen molar-refractivity contribution in [3.05, 3.63) is 47.8 Å². The molecule has 3 nitrogen and oxygen atoms in total. The van der Waals surface area contributed by atoms with Gasteiger partial charge in [0.2, 0.25) is 0 Å². The number of allylic oxidation sites excluding steroid dienone is 1. The molecule has 0 aromatic heterocycles. The minimum absolute atomic E-state index is 0.101. The molecule has 1 aromatic carbocycles. The molecule has 1 saturated carbocycles. The zero-order valence-electron chi connectivity index (χ0n) is 11.4. The van der Waals surface area contributed by atoms with E-state index in [0.29, 0.717) is 12.5 Å². The lowest BCUT2D eigenvalue weighted by molar-refractivity contribution is -0.147. The highest BCUT2D eigenvalue weighted by atomic mass is 19.1. The molecule has 0 spiro atoms. The standard InChI is InChI=1S/C16H18FNO2/c1-20-16(19)14-11-4-5-12(8-11)15(14)18-9-10-2-6-13(17)7-3-10/h2-7,11-12,14-15,18H,8-9H2,1H3/t11-,12+,14?,15?/m1/s1. The van der Waals surface area contributed by atoms with E-state index in [4.69, 9.17) is 4.74 Å². The Morgan fingerprint density at radius 1 is 1.30 bits per heavy atom. The van der Waals surface area contributed by atoms with E-state index in [9.17, 15) is 9.18 Å². The van der Waals surface area contributed by atoms with Crippen LogP contribution in [0.3, 0.4) is 0 Å². The van der Waals surface area contributed by atoms with E-state index < -0.39 is 0 Å². The van der Waals surface area contributed by atoms with Crippen molar-refractivity contribution in [2.75, 3.05) is 7.11 Å². The van der Waals surface area contributed by atoms with Crippen LogP contribution < -0.4 is 5.32 Å². The number of hydrogen-bond donors (Lipinski definition) is 1. The van der Waals surface area contributed by atoms with Crippen LogP contribution in [0.25, 0.3) is 0 Å². The van der Waals surface area contributed by atoms with Gasteiger partial charge in [-0.15, -0.1) is 0 Å². The van der Waals surface area contributed by atoms with Crippen molar-refractivity contribution in [2.45, 2.75) is 19.0 Å². The van der Waals surface area contributed by atoms with E-state index >= 15 is 0 Å². The number of methoxy groups -OCH3 is 1. The van der Waals surface area contributed by atoms with Crippen molar-refractivity contribution < 1.29 is 13.9 Å². The van der Waals surface area contributed by atoms with Gasteiger partial charge in [0, 0.05) is 12.6 Å². The fraction of sp³-hybridized carbons (Fsp3) is 0.438. The van der Waals surface area contributed by atoms with Crippen molar-refractivity contribution >= 4 is 5.97 Å². The lowest BCUT2D eigenvalue weighted by Crippen LogP contribution is -2.43. The number of ether oxygens (including phenoxy) is 1. The molecule has 2 bridgehead atoms. The van der Waals surface area contributed by atoms with Gasteiger partial charge in [-0.05, 0) is 36.0 Å². The fourth-order valence-electron chi connectivity index (χ4n) is 3.40. The minimum atomic E-state index is -0.232. The largest absolute Gasteiger partial charge is 0.469 e. The van der Waals surface area contributed by atoms with Gasteiger partial charge in [-0.2, -0.15) is 0 Å². The van der Waals surface area contributed by atoms with Gasteiger partial charge in [0.15, 0.2) is 0 Å². The predicted molar refractivity (Wildman–Crippen MR) is 73.3 cm³/mol. The highest BCUT2D eigenvalue weighted by Gasteiger charge is 2.48. The lowest BCUT2D eigenvalue weighted by atomic mass is 9.89. The number of esters is 1. The van der Waals surface area contributed by atoms with Crippen LogP contribution in [-0.4, -0.2) is 19.1 Å². The second-order valence-electron chi connectivity index (χ2n) is 5.53. The average molecular weight is 275 g/mol. The number of halogens is 1. The molecular formula is C16H18FNO2. The maximum Gasteiger partial charge on any atom is 0.310 e. The zero-order valence-corrected chi connectivity index (χ0v) is 11.4. The summed E-state index contributed by atoms with van der Waals surface area (Å²) < 4.78 is 17.8. The van der Waals surface area contributed by atoms with Crippen LogP contribution in [0.1, 0.15) is 12.0 Å². The van der Waals surface area contributed by atoms with Crippen LogP contribution in [0.4, 0.5) is 4.39 Å². The molecule has 0 amide bonds. The molecule has 2 aliphatic carbocycles. The summed E-state index contributed by atoms with van der Waals surface area (Å²) in [6, 6.07) is 6.55. The summed E-state index contributed by atoms with van der Waals surface area (Å²) in [6.07, 6.45) is 5.33. The van der Waals surface area contributed by atoms with Gasteiger partial charge in [-0.25, -0.2) is 4.39 Å². The Kier molecular flexibility index (Phi) is 3.57.